The van der Waals surface area contributed by atoms with Gasteiger partial charge < -0.3 is 15.8 Å². The van der Waals surface area contributed by atoms with Crippen molar-refractivity contribution < 1.29 is 18.7 Å². The topological polar surface area (TPSA) is 81.4 Å². The third-order valence-corrected chi connectivity index (χ3v) is 3.01. The number of methoxy groups -OCH3 is 1. The first kappa shape index (κ1) is 20.3. The van der Waals surface area contributed by atoms with Gasteiger partial charge in [0.25, 0.3) is 0 Å². The molecule has 0 radical (unpaired) electrons. The molecule has 124 valence electrons. The molecule has 0 spiro atoms. The lowest BCUT2D eigenvalue weighted by atomic mass is 10.1. The van der Waals surface area contributed by atoms with Crippen LogP contribution >= 0.6 is 12.4 Å². The summed E-state index contributed by atoms with van der Waals surface area (Å²) in [6, 6.07) is 4.01. The minimum atomic E-state index is -0.588. The maximum Gasteiger partial charge on any atom is 0.220 e. The Labute approximate surface area is 135 Å². The zero-order valence-electron chi connectivity index (χ0n) is 12.6. The number of unbranched alkanes of at least 4 members (excludes halogenated alkanes) is 1. The number of carbonyl (C=O) groups excluding carboxylic acids is 2. The Morgan fingerprint density at radius 2 is 2.00 bits per heavy atom. The number of carbonyl (C=O) groups is 2. The maximum atomic E-state index is 13.5. The van der Waals surface area contributed by atoms with E-state index >= 15 is 0 Å². The molecule has 22 heavy (non-hydrogen) atoms. The molecule has 0 saturated carbocycles. The van der Waals surface area contributed by atoms with E-state index in [0.717, 1.165) is 18.9 Å². The summed E-state index contributed by atoms with van der Waals surface area (Å²) in [5.74, 6) is -0.957. The van der Waals surface area contributed by atoms with Gasteiger partial charge in [0, 0.05) is 24.9 Å². The highest BCUT2D eigenvalue weighted by molar-refractivity contribution is 5.98. The molecule has 1 aromatic carbocycles. The van der Waals surface area contributed by atoms with Crippen molar-refractivity contribution in [2.24, 2.45) is 5.73 Å². The number of benzene rings is 1. The molecule has 5 nitrogen and oxygen atoms in total. The van der Waals surface area contributed by atoms with Crippen molar-refractivity contribution in [3.8, 4) is 5.75 Å². The summed E-state index contributed by atoms with van der Waals surface area (Å²) in [7, 11) is 1.36. The van der Waals surface area contributed by atoms with Crippen LogP contribution in [0.5, 0.6) is 5.75 Å². The molecule has 0 bridgehead atoms. The molecule has 0 heterocycles. The van der Waals surface area contributed by atoms with Crippen LogP contribution in [-0.4, -0.2) is 31.9 Å². The lowest BCUT2D eigenvalue weighted by molar-refractivity contribution is -0.121. The smallest absolute Gasteiger partial charge is 0.220 e. The van der Waals surface area contributed by atoms with E-state index in [9.17, 15) is 14.0 Å². The third-order valence-electron chi connectivity index (χ3n) is 3.01. The lowest BCUT2D eigenvalue weighted by Gasteiger charge is -2.06. The highest BCUT2D eigenvalue weighted by Crippen LogP contribution is 2.18. The minimum Gasteiger partial charge on any atom is -0.494 e. The van der Waals surface area contributed by atoms with Crippen LogP contribution in [0, 0.1) is 5.82 Å². The van der Waals surface area contributed by atoms with Crippen LogP contribution in [0.4, 0.5) is 4.39 Å². The second-order valence-electron chi connectivity index (χ2n) is 4.62. The Bertz CT molecular complexity index is 498. The van der Waals surface area contributed by atoms with Crippen molar-refractivity contribution in [2.45, 2.75) is 25.7 Å². The molecule has 3 N–H and O–H groups in total. The van der Waals surface area contributed by atoms with Crippen LogP contribution in [-0.2, 0) is 4.79 Å². The Balaban J connectivity index is 0.00000441. The summed E-state index contributed by atoms with van der Waals surface area (Å²) in [4.78, 5) is 23.4. The molecule has 0 aliphatic rings. The second kappa shape index (κ2) is 11.0. The molecule has 1 amide bonds. The molecule has 7 heteroatoms. The number of rotatable bonds is 9. The van der Waals surface area contributed by atoms with Crippen LogP contribution < -0.4 is 15.8 Å². The summed E-state index contributed by atoms with van der Waals surface area (Å²) in [5.41, 5.74) is 5.58. The number of hydrogen-bond acceptors (Lipinski definition) is 4. The minimum absolute atomic E-state index is 0. The maximum absolute atomic E-state index is 13.5. The number of halogens is 2. The van der Waals surface area contributed by atoms with Crippen molar-refractivity contribution in [1.82, 2.24) is 5.32 Å². The molecule has 0 aromatic heterocycles. The molecule has 0 saturated heterocycles. The quantitative estimate of drug-likeness (QED) is 0.536. The highest BCUT2D eigenvalue weighted by atomic mass is 35.5. The number of Topliss-reactive ketones (excluding diaryl/α,β-unsaturated/α-hetero) is 1. The normalized spacial score (nSPS) is 9.77. The van der Waals surface area contributed by atoms with Crippen LogP contribution in [0.3, 0.4) is 0 Å². The molecule has 0 aliphatic heterocycles. The fourth-order valence-corrected chi connectivity index (χ4v) is 1.80. The van der Waals surface area contributed by atoms with Gasteiger partial charge in [-0.2, -0.15) is 0 Å². The summed E-state index contributed by atoms with van der Waals surface area (Å²) < 4.78 is 18.3. The van der Waals surface area contributed by atoms with Crippen molar-refractivity contribution in [3.63, 3.8) is 0 Å². The second-order valence-corrected chi connectivity index (χ2v) is 4.62. The van der Waals surface area contributed by atoms with Crippen molar-refractivity contribution in [3.05, 3.63) is 29.6 Å². The van der Waals surface area contributed by atoms with Gasteiger partial charge in [0.2, 0.25) is 5.91 Å². The van der Waals surface area contributed by atoms with E-state index in [1.807, 2.05) is 0 Å². The number of ketones is 1. The first-order valence-electron chi connectivity index (χ1n) is 6.92. The Hall–Kier alpha value is -1.66. The van der Waals surface area contributed by atoms with Gasteiger partial charge in [0.15, 0.2) is 17.3 Å². The molecule has 1 rings (SSSR count). The summed E-state index contributed by atoms with van der Waals surface area (Å²) in [6.45, 7) is 1.15. The standard InChI is InChI=1S/C15H21FN2O3.ClH/c1-21-14-6-4-11(10-12(14)16)13(19)5-7-15(20)18-9-3-2-8-17;/h4,6,10H,2-3,5,7-9,17H2,1H3,(H,18,20);1H. The number of ether oxygens (including phenoxy) is 1. The Morgan fingerprint density at radius 1 is 1.27 bits per heavy atom. The average Bonchev–Trinajstić information content (AvgIpc) is 2.49. The Morgan fingerprint density at radius 3 is 2.59 bits per heavy atom. The van der Waals surface area contributed by atoms with Crippen molar-refractivity contribution in [2.75, 3.05) is 20.2 Å². The number of hydrogen-bond donors (Lipinski definition) is 2. The SMILES string of the molecule is COc1ccc(C(=O)CCC(=O)NCCCCN)cc1F.Cl. The molecule has 0 fully saturated rings. The van der Waals surface area contributed by atoms with Crippen LogP contribution in [0.15, 0.2) is 18.2 Å². The van der Waals surface area contributed by atoms with E-state index in [4.69, 9.17) is 10.5 Å². The zero-order valence-corrected chi connectivity index (χ0v) is 13.4. The first-order chi connectivity index (χ1) is 10.1. The summed E-state index contributed by atoms with van der Waals surface area (Å²) in [6.07, 6.45) is 1.81. The van der Waals surface area contributed by atoms with E-state index in [1.54, 1.807) is 0 Å². The van der Waals surface area contributed by atoms with Crippen molar-refractivity contribution >= 4 is 24.1 Å². The van der Waals surface area contributed by atoms with Gasteiger partial charge in [-0.15, -0.1) is 12.4 Å². The van der Waals surface area contributed by atoms with Gasteiger partial charge in [-0.05, 0) is 37.6 Å². The largest absolute Gasteiger partial charge is 0.494 e. The first-order valence-corrected chi connectivity index (χ1v) is 6.92. The highest BCUT2D eigenvalue weighted by Gasteiger charge is 2.12. The Kier molecular flexibility index (Phi) is 10.2. The van der Waals surface area contributed by atoms with E-state index in [1.165, 1.54) is 19.2 Å². The number of amides is 1. The van der Waals surface area contributed by atoms with Gasteiger partial charge in [0.1, 0.15) is 0 Å². The van der Waals surface area contributed by atoms with Gasteiger partial charge in [-0.1, -0.05) is 0 Å². The number of nitrogens with two attached hydrogens (primary N) is 1. The van der Waals surface area contributed by atoms with E-state index in [-0.39, 0.29) is 48.3 Å². The van der Waals surface area contributed by atoms with Crippen LogP contribution in [0.25, 0.3) is 0 Å². The van der Waals surface area contributed by atoms with E-state index in [0.29, 0.717) is 13.1 Å². The van der Waals surface area contributed by atoms with E-state index in [2.05, 4.69) is 5.32 Å². The molecule has 0 unspecified atom stereocenters. The number of nitrogens with one attached hydrogen (secondary N) is 1. The molecule has 0 atom stereocenters. The van der Waals surface area contributed by atoms with Gasteiger partial charge in [-0.25, -0.2) is 4.39 Å². The lowest BCUT2D eigenvalue weighted by Crippen LogP contribution is -2.25. The fourth-order valence-electron chi connectivity index (χ4n) is 1.80. The predicted molar refractivity (Wildman–Crippen MR) is 85.1 cm³/mol. The zero-order chi connectivity index (χ0) is 15.7. The molecular formula is C15H22ClFN2O3. The predicted octanol–water partition coefficient (Wildman–Crippen LogP) is 2.07. The van der Waals surface area contributed by atoms with Gasteiger partial charge >= 0.3 is 0 Å². The van der Waals surface area contributed by atoms with Gasteiger partial charge in [0.05, 0.1) is 7.11 Å². The summed E-state index contributed by atoms with van der Waals surface area (Å²) >= 11 is 0. The molecule has 1 aromatic rings. The van der Waals surface area contributed by atoms with Gasteiger partial charge in [-0.3, -0.25) is 9.59 Å². The van der Waals surface area contributed by atoms with Crippen molar-refractivity contribution in [1.29, 1.82) is 0 Å². The summed E-state index contributed by atoms with van der Waals surface area (Å²) in [5, 5.41) is 2.71. The third kappa shape index (κ3) is 6.87. The fraction of sp³-hybridized carbons (Fsp3) is 0.467. The van der Waals surface area contributed by atoms with Crippen LogP contribution in [0.2, 0.25) is 0 Å². The van der Waals surface area contributed by atoms with E-state index < -0.39 is 5.82 Å². The average molecular weight is 333 g/mol. The van der Waals surface area contributed by atoms with Crippen LogP contribution in [0.1, 0.15) is 36.0 Å². The molecule has 0 aliphatic carbocycles. The monoisotopic (exact) mass is 332 g/mol. The molecular weight excluding hydrogens is 311 g/mol.